The van der Waals surface area contributed by atoms with Gasteiger partial charge in [-0.05, 0) is 49.2 Å². The van der Waals surface area contributed by atoms with E-state index in [0.717, 1.165) is 41.5 Å². The number of carbonyl (C=O) groups excluding carboxylic acids is 2. The largest absolute Gasteiger partial charge is 0.451 e. The fourth-order valence-electron chi connectivity index (χ4n) is 3.57. The highest BCUT2D eigenvalue weighted by Crippen LogP contribution is 2.31. The standard InChI is InChI=1S/C21H20BrN3O3/c22-15-5-6-18-14(11-15)12-19(28-18)21(27)24-16-3-1-2-4-17(16)25-9-7-13(8-10-25)20(23)26/h1-6,11-13H,7-10H2,(H2,23,26)(H,24,27). The number of anilines is 2. The van der Waals surface area contributed by atoms with Crippen molar-refractivity contribution in [3.05, 3.63) is 58.8 Å². The summed E-state index contributed by atoms with van der Waals surface area (Å²) in [6.45, 7) is 1.44. The quantitative estimate of drug-likeness (QED) is 0.636. The maximum Gasteiger partial charge on any atom is 0.291 e. The summed E-state index contributed by atoms with van der Waals surface area (Å²) in [5.41, 5.74) is 7.73. The molecule has 2 heterocycles. The topological polar surface area (TPSA) is 88.6 Å². The van der Waals surface area contributed by atoms with Gasteiger partial charge in [0.2, 0.25) is 5.91 Å². The molecule has 28 heavy (non-hydrogen) atoms. The van der Waals surface area contributed by atoms with Gasteiger partial charge >= 0.3 is 0 Å². The fourth-order valence-corrected chi connectivity index (χ4v) is 3.95. The van der Waals surface area contributed by atoms with E-state index in [-0.39, 0.29) is 23.5 Å². The van der Waals surface area contributed by atoms with Crippen LogP contribution in [0.1, 0.15) is 23.4 Å². The number of halogens is 1. The number of nitrogens with two attached hydrogens (primary N) is 1. The first-order valence-electron chi connectivity index (χ1n) is 9.15. The molecule has 0 radical (unpaired) electrons. The van der Waals surface area contributed by atoms with Crippen molar-refractivity contribution in [1.82, 2.24) is 0 Å². The summed E-state index contributed by atoms with van der Waals surface area (Å²) in [6.07, 6.45) is 1.44. The number of rotatable bonds is 4. The molecule has 1 fully saturated rings. The molecule has 4 rings (SSSR count). The van der Waals surface area contributed by atoms with Gasteiger partial charge < -0.3 is 20.4 Å². The lowest BCUT2D eigenvalue weighted by molar-refractivity contribution is -0.122. The van der Waals surface area contributed by atoms with Gasteiger partial charge in [0, 0.05) is 28.9 Å². The highest BCUT2D eigenvalue weighted by molar-refractivity contribution is 9.10. The van der Waals surface area contributed by atoms with Crippen LogP contribution in [0.2, 0.25) is 0 Å². The predicted molar refractivity (Wildman–Crippen MR) is 112 cm³/mol. The Morgan fingerprint density at radius 2 is 1.86 bits per heavy atom. The molecular weight excluding hydrogens is 422 g/mol. The van der Waals surface area contributed by atoms with Crippen molar-refractivity contribution in [3.63, 3.8) is 0 Å². The zero-order valence-corrected chi connectivity index (χ0v) is 16.7. The Bertz CT molecular complexity index is 1040. The first kappa shape index (κ1) is 18.6. The second kappa shape index (κ2) is 7.67. The van der Waals surface area contributed by atoms with Crippen molar-refractivity contribution in [2.24, 2.45) is 11.7 Å². The van der Waals surface area contributed by atoms with E-state index >= 15 is 0 Å². The molecule has 7 heteroatoms. The van der Waals surface area contributed by atoms with E-state index in [9.17, 15) is 9.59 Å². The smallest absolute Gasteiger partial charge is 0.291 e. The lowest BCUT2D eigenvalue weighted by Crippen LogP contribution is -2.38. The molecule has 2 amide bonds. The summed E-state index contributed by atoms with van der Waals surface area (Å²) in [7, 11) is 0. The number of fused-ring (bicyclic) bond motifs is 1. The summed E-state index contributed by atoms with van der Waals surface area (Å²) >= 11 is 3.42. The third-order valence-electron chi connectivity index (χ3n) is 5.09. The maximum atomic E-state index is 12.7. The van der Waals surface area contributed by atoms with E-state index in [1.165, 1.54) is 0 Å². The highest BCUT2D eigenvalue weighted by Gasteiger charge is 2.25. The van der Waals surface area contributed by atoms with Crippen molar-refractivity contribution in [3.8, 4) is 0 Å². The molecule has 0 spiro atoms. The van der Waals surface area contributed by atoms with Gasteiger partial charge in [-0.15, -0.1) is 0 Å². The number of furan rings is 1. The number of carbonyl (C=O) groups is 2. The molecule has 3 aromatic rings. The van der Waals surface area contributed by atoms with E-state index in [4.69, 9.17) is 10.2 Å². The Labute approximate surface area is 170 Å². The van der Waals surface area contributed by atoms with Crippen LogP contribution in [0.5, 0.6) is 0 Å². The first-order chi connectivity index (χ1) is 13.5. The van der Waals surface area contributed by atoms with E-state index in [1.54, 1.807) is 6.07 Å². The number of primary amides is 1. The van der Waals surface area contributed by atoms with Crippen molar-refractivity contribution < 1.29 is 14.0 Å². The van der Waals surface area contributed by atoms with Gasteiger partial charge in [0.1, 0.15) is 5.58 Å². The number of piperidine rings is 1. The summed E-state index contributed by atoms with van der Waals surface area (Å²) in [5.74, 6) is -0.354. The number of nitrogens with one attached hydrogen (secondary N) is 1. The average molecular weight is 442 g/mol. The summed E-state index contributed by atoms with van der Waals surface area (Å²) in [6, 6.07) is 15.0. The van der Waals surface area contributed by atoms with Gasteiger partial charge in [0.15, 0.2) is 5.76 Å². The van der Waals surface area contributed by atoms with Crippen LogP contribution in [0.15, 0.2) is 57.4 Å². The van der Waals surface area contributed by atoms with Crippen molar-refractivity contribution >= 4 is 50.1 Å². The first-order valence-corrected chi connectivity index (χ1v) is 9.94. The number of nitrogens with zero attached hydrogens (tertiary/aromatic N) is 1. The molecule has 0 unspecified atom stereocenters. The van der Waals surface area contributed by atoms with Crippen LogP contribution in [0.4, 0.5) is 11.4 Å². The van der Waals surface area contributed by atoms with Crippen molar-refractivity contribution in [2.75, 3.05) is 23.3 Å². The predicted octanol–water partition coefficient (Wildman–Crippen LogP) is 4.15. The Morgan fingerprint density at radius 1 is 1.11 bits per heavy atom. The van der Waals surface area contributed by atoms with Crippen molar-refractivity contribution in [2.45, 2.75) is 12.8 Å². The third kappa shape index (κ3) is 3.75. The molecule has 3 N–H and O–H groups in total. The Hall–Kier alpha value is -2.80. The zero-order chi connectivity index (χ0) is 19.7. The molecule has 1 aromatic heterocycles. The fraction of sp³-hybridized carbons (Fsp3) is 0.238. The van der Waals surface area contributed by atoms with Crippen LogP contribution in [0.3, 0.4) is 0 Å². The van der Waals surface area contributed by atoms with Gasteiger partial charge in [-0.3, -0.25) is 9.59 Å². The second-order valence-electron chi connectivity index (χ2n) is 6.93. The van der Waals surface area contributed by atoms with Crippen molar-refractivity contribution in [1.29, 1.82) is 0 Å². The molecule has 1 saturated heterocycles. The SMILES string of the molecule is NC(=O)C1CCN(c2ccccc2NC(=O)c2cc3cc(Br)ccc3o2)CC1. The van der Waals surface area contributed by atoms with Crippen LogP contribution in [-0.2, 0) is 4.79 Å². The lowest BCUT2D eigenvalue weighted by Gasteiger charge is -2.33. The van der Waals surface area contributed by atoms with E-state index in [0.29, 0.717) is 11.3 Å². The minimum absolute atomic E-state index is 0.0760. The van der Waals surface area contributed by atoms with Gasteiger partial charge in [0.25, 0.3) is 5.91 Å². The van der Waals surface area contributed by atoms with Crippen LogP contribution in [0.25, 0.3) is 11.0 Å². The van der Waals surface area contributed by atoms with Gasteiger partial charge in [-0.1, -0.05) is 28.1 Å². The molecule has 0 atom stereocenters. The molecule has 0 aliphatic carbocycles. The monoisotopic (exact) mass is 441 g/mol. The van der Waals surface area contributed by atoms with E-state index in [2.05, 4.69) is 26.1 Å². The van der Waals surface area contributed by atoms with Gasteiger partial charge in [0.05, 0.1) is 11.4 Å². The van der Waals surface area contributed by atoms with Crippen LogP contribution >= 0.6 is 15.9 Å². The molecule has 2 aromatic carbocycles. The van der Waals surface area contributed by atoms with E-state index in [1.807, 2.05) is 42.5 Å². The molecule has 1 aliphatic heterocycles. The Balaban J connectivity index is 1.53. The van der Waals surface area contributed by atoms with Crippen LogP contribution in [-0.4, -0.2) is 24.9 Å². The molecule has 1 aliphatic rings. The Morgan fingerprint density at radius 3 is 2.61 bits per heavy atom. The average Bonchev–Trinajstić information content (AvgIpc) is 3.12. The maximum absolute atomic E-state index is 12.7. The number of hydrogen-bond acceptors (Lipinski definition) is 4. The summed E-state index contributed by atoms with van der Waals surface area (Å²) < 4.78 is 6.61. The van der Waals surface area contributed by atoms with Crippen LogP contribution in [0, 0.1) is 5.92 Å². The Kier molecular flexibility index (Phi) is 5.09. The van der Waals surface area contributed by atoms with Crippen LogP contribution < -0.4 is 16.0 Å². The number of amides is 2. The molecule has 0 saturated carbocycles. The number of benzene rings is 2. The summed E-state index contributed by atoms with van der Waals surface area (Å²) in [5, 5.41) is 3.82. The normalized spacial score (nSPS) is 15.0. The lowest BCUT2D eigenvalue weighted by atomic mass is 9.96. The third-order valence-corrected chi connectivity index (χ3v) is 5.59. The number of para-hydroxylation sites is 2. The minimum atomic E-state index is -0.299. The molecule has 144 valence electrons. The minimum Gasteiger partial charge on any atom is -0.451 e. The second-order valence-corrected chi connectivity index (χ2v) is 7.84. The van der Waals surface area contributed by atoms with Gasteiger partial charge in [-0.2, -0.15) is 0 Å². The number of hydrogen-bond donors (Lipinski definition) is 2. The highest BCUT2D eigenvalue weighted by atomic mass is 79.9. The molecular formula is C21H20BrN3O3. The van der Waals surface area contributed by atoms with Gasteiger partial charge in [-0.25, -0.2) is 0 Å². The summed E-state index contributed by atoms with van der Waals surface area (Å²) in [4.78, 5) is 26.3. The molecule has 0 bridgehead atoms. The van der Waals surface area contributed by atoms with E-state index < -0.39 is 0 Å². The zero-order valence-electron chi connectivity index (χ0n) is 15.2. The molecule has 6 nitrogen and oxygen atoms in total.